The van der Waals surface area contributed by atoms with E-state index in [1.165, 1.54) is 12.1 Å². The molecule has 0 amide bonds. The van der Waals surface area contributed by atoms with Gasteiger partial charge in [0.25, 0.3) is 0 Å². The van der Waals surface area contributed by atoms with Crippen LogP contribution in [0, 0.1) is 12.7 Å². The van der Waals surface area contributed by atoms with E-state index in [4.69, 9.17) is 4.74 Å². The van der Waals surface area contributed by atoms with E-state index >= 15 is 0 Å². The smallest absolute Gasteiger partial charge is 0.131 e. The van der Waals surface area contributed by atoms with Crippen molar-refractivity contribution in [1.29, 1.82) is 0 Å². The molecule has 0 saturated heterocycles. The highest BCUT2D eigenvalue weighted by Gasteiger charge is 2.12. The van der Waals surface area contributed by atoms with Crippen LogP contribution in [0.4, 0.5) is 4.39 Å². The second-order valence-corrected chi connectivity index (χ2v) is 5.58. The highest BCUT2D eigenvalue weighted by Crippen LogP contribution is 2.24. The van der Waals surface area contributed by atoms with Gasteiger partial charge in [-0.05, 0) is 47.6 Å². The normalized spacial score (nSPS) is 10.9. The summed E-state index contributed by atoms with van der Waals surface area (Å²) >= 11 is 3.51. The van der Waals surface area contributed by atoms with E-state index in [0.29, 0.717) is 18.9 Å². The molecular weight excluding hydrogens is 337 g/mol. The Labute approximate surface area is 132 Å². The van der Waals surface area contributed by atoms with Gasteiger partial charge >= 0.3 is 0 Å². The molecule has 0 radical (unpaired) electrons. The first kappa shape index (κ1) is 16.0. The predicted molar refractivity (Wildman–Crippen MR) is 83.8 cm³/mol. The number of aromatic nitrogens is 2. The first-order chi connectivity index (χ1) is 10.0. The third-order valence-electron chi connectivity index (χ3n) is 3.21. The molecule has 6 heteroatoms. The number of hydrogen-bond acceptors (Lipinski definition) is 3. The van der Waals surface area contributed by atoms with E-state index in [-0.39, 0.29) is 5.82 Å². The minimum Gasteiger partial charge on any atom is -0.487 e. The zero-order chi connectivity index (χ0) is 15.4. The molecule has 2 rings (SSSR count). The van der Waals surface area contributed by atoms with Gasteiger partial charge in [-0.3, -0.25) is 4.68 Å². The van der Waals surface area contributed by atoms with Crippen molar-refractivity contribution in [3.05, 3.63) is 45.4 Å². The molecule has 1 heterocycles. The Balaban J connectivity index is 2.15. The highest BCUT2D eigenvalue weighted by molar-refractivity contribution is 9.10. The predicted octanol–water partition coefficient (Wildman–Crippen LogP) is 3.32. The van der Waals surface area contributed by atoms with Crippen LogP contribution in [0.1, 0.15) is 23.9 Å². The van der Waals surface area contributed by atoms with Crippen LogP contribution in [0.5, 0.6) is 5.75 Å². The topological polar surface area (TPSA) is 39.1 Å². The maximum Gasteiger partial charge on any atom is 0.131 e. The van der Waals surface area contributed by atoms with Crippen molar-refractivity contribution in [2.24, 2.45) is 7.05 Å². The largest absolute Gasteiger partial charge is 0.487 e. The standard InChI is InChI=1S/C15H19BrFN3O/c1-4-18-8-11-7-12(17)5-6-14(11)21-9-13-15(16)10(2)19-20(13)3/h5-7,18H,4,8-9H2,1-3H3. The molecule has 0 unspecified atom stereocenters. The minimum absolute atomic E-state index is 0.257. The van der Waals surface area contributed by atoms with E-state index < -0.39 is 0 Å². The number of nitrogens with one attached hydrogen (secondary N) is 1. The third kappa shape index (κ3) is 3.83. The highest BCUT2D eigenvalue weighted by atomic mass is 79.9. The van der Waals surface area contributed by atoms with Crippen molar-refractivity contribution in [3.63, 3.8) is 0 Å². The molecule has 1 aromatic heterocycles. The van der Waals surface area contributed by atoms with Gasteiger partial charge in [0.2, 0.25) is 0 Å². The van der Waals surface area contributed by atoms with E-state index in [0.717, 1.165) is 28.0 Å². The fraction of sp³-hybridized carbons (Fsp3) is 0.400. The summed E-state index contributed by atoms with van der Waals surface area (Å²) in [5.41, 5.74) is 2.68. The van der Waals surface area contributed by atoms with Crippen molar-refractivity contribution in [2.75, 3.05) is 6.54 Å². The van der Waals surface area contributed by atoms with Crippen molar-refractivity contribution in [3.8, 4) is 5.75 Å². The molecule has 0 atom stereocenters. The van der Waals surface area contributed by atoms with Gasteiger partial charge in [-0.15, -0.1) is 0 Å². The van der Waals surface area contributed by atoms with Gasteiger partial charge in [0.05, 0.1) is 15.9 Å². The molecule has 21 heavy (non-hydrogen) atoms. The van der Waals surface area contributed by atoms with Gasteiger partial charge in [-0.2, -0.15) is 5.10 Å². The Hall–Kier alpha value is -1.40. The number of ether oxygens (including phenoxy) is 1. The molecule has 4 nitrogen and oxygen atoms in total. The molecule has 0 spiro atoms. The molecule has 0 aliphatic heterocycles. The average Bonchev–Trinajstić information content (AvgIpc) is 2.69. The van der Waals surface area contributed by atoms with Crippen molar-refractivity contribution in [1.82, 2.24) is 15.1 Å². The molecule has 114 valence electrons. The molecule has 0 aliphatic carbocycles. The Kier molecular flexibility index (Phi) is 5.36. The number of rotatable bonds is 6. The Morgan fingerprint density at radius 3 is 2.81 bits per heavy atom. The maximum atomic E-state index is 13.4. The molecule has 2 aromatic rings. The summed E-state index contributed by atoms with van der Waals surface area (Å²) in [4.78, 5) is 0. The second kappa shape index (κ2) is 7.04. The van der Waals surface area contributed by atoms with Crippen molar-refractivity contribution >= 4 is 15.9 Å². The third-order valence-corrected chi connectivity index (χ3v) is 4.25. The summed E-state index contributed by atoms with van der Waals surface area (Å²) in [6.45, 7) is 5.72. The minimum atomic E-state index is -0.257. The van der Waals surface area contributed by atoms with Crippen LogP contribution in [0.15, 0.2) is 22.7 Å². The van der Waals surface area contributed by atoms with Gasteiger partial charge in [0, 0.05) is 19.2 Å². The molecule has 0 bridgehead atoms. The van der Waals surface area contributed by atoms with Gasteiger partial charge < -0.3 is 10.1 Å². The maximum absolute atomic E-state index is 13.4. The summed E-state index contributed by atoms with van der Waals surface area (Å²) in [5, 5.41) is 7.51. The summed E-state index contributed by atoms with van der Waals surface area (Å²) < 4.78 is 21.9. The Morgan fingerprint density at radius 1 is 1.43 bits per heavy atom. The van der Waals surface area contributed by atoms with Crippen LogP contribution in [-0.2, 0) is 20.2 Å². The lowest BCUT2D eigenvalue weighted by molar-refractivity contribution is 0.290. The van der Waals surface area contributed by atoms with E-state index in [9.17, 15) is 4.39 Å². The fourth-order valence-electron chi connectivity index (χ4n) is 2.07. The lowest BCUT2D eigenvalue weighted by Gasteiger charge is -2.12. The number of benzene rings is 1. The van der Waals surface area contributed by atoms with Crippen molar-refractivity contribution in [2.45, 2.75) is 27.0 Å². The van der Waals surface area contributed by atoms with Crippen LogP contribution in [0.2, 0.25) is 0 Å². The van der Waals surface area contributed by atoms with E-state index in [1.54, 1.807) is 10.7 Å². The number of halogens is 2. The fourth-order valence-corrected chi connectivity index (χ4v) is 2.52. The number of aryl methyl sites for hydroxylation is 2. The number of hydrogen-bond donors (Lipinski definition) is 1. The lowest BCUT2D eigenvalue weighted by atomic mass is 10.2. The monoisotopic (exact) mass is 355 g/mol. The lowest BCUT2D eigenvalue weighted by Crippen LogP contribution is -2.13. The molecule has 0 fully saturated rings. The summed E-state index contributed by atoms with van der Waals surface area (Å²) in [6.07, 6.45) is 0. The molecule has 1 aromatic carbocycles. The average molecular weight is 356 g/mol. The first-order valence-corrected chi connectivity index (χ1v) is 7.62. The van der Waals surface area contributed by atoms with Crippen LogP contribution in [0.25, 0.3) is 0 Å². The quantitative estimate of drug-likeness (QED) is 0.863. The first-order valence-electron chi connectivity index (χ1n) is 6.82. The summed E-state index contributed by atoms with van der Waals surface area (Å²) in [6, 6.07) is 4.58. The molecule has 1 N–H and O–H groups in total. The molecular formula is C15H19BrFN3O. The summed E-state index contributed by atoms with van der Waals surface area (Å²) in [5.74, 6) is 0.427. The van der Waals surface area contributed by atoms with E-state index in [2.05, 4.69) is 26.3 Å². The molecule has 0 saturated carbocycles. The SMILES string of the molecule is CCNCc1cc(F)ccc1OCc1c(Br)c(C)nn1C. The summed E-state index contributed by atoms with van der Waals surface area (Å²) in [7, 11) is 1.88. The van der Waals surface area contributed by atoms with Gasteiger partial charge in [0.15, 0.2) is 0 Å². The Bertz CT molecular complexity index is 628. The second-order valence-electron chi connectivity index (χ2n) is 4.79. The van der Waals surface area contributed by atoms with Gasteiger partial charge in [-0.1, -0.05) is 6.92 Å². The number of nitrogens with zero attached hydrogens (tertiary/aromatic N) is 2. The van der Waals surface area contributed by atoms with Crippen molar-refractivity contribution < 1.29 is 9.13 Å². The Morgan fingerprint density at radius 2 is 2.19 bits per heavy atom. The van der Waals surface area contributed by atoms with Crippen LogP contribution < -0.4 is 10.1 Å². The zero-order valence-electron chi connectivity index (χ0n) is 12.4. The van der Waals surface area contributed by atoms with Gasteiger partial charge in [-0.25, -0.2) is 4.39 Å². The van der Waals surface area contributed by atoms with E-state index in [1.807, 2.05) is 20.9 Å². The van der Waals surface area contributed by atoms with Crippen LogP contribution in [-0.4, -0.2) is 16.3 Å². The van der Waals surface area contributed by atoms with Gasteiger partial charge in [0.1, 0.15) is 18.2 Å². The molecule has 0 aliphatic rings. The van der Waals surface area contributed by atoms with Crippen LogP contribution >= 0.6 is 15.9 Å². The van der Waals surface area contributed by atoms with Crippen LogP contribution in [0.3, 0.4) is 0 Å². The zero-order valence-corrected chi connectivity index (χ0v) is 14.0.